The molecule has 0 N–H and O–H groups in total. The summed E-state index contributed by atoms with van der Waals surface area (Å²) in [5.74, 6) is 0.707. The molecule has 1 saturated carbocycles. The van der Waals surface area contributed by atoms with E-state index in [-0.39, 0.29) is 12.0 Å². The molecule has 0 aromatic rings. The van der Waals surface area contributed by atoms with Crippen LogP contribution in [0.3, 0.4) is 0 Å². The van der Waals surface area contributed by atoms with E-state index in [0.29, 0.717) is 18.8 Å². The lowest BCUT2D eigenvalue weighted by atomic mass is 9.81. The molecular weight excluding hydrogens is 140 g/mol. The zero-order valence-corrected chi connectivity index (χ0v) is 6.71. The van der Waals surface area contributed by atoms with Gasteiger partial charge in [0.25, 0.3) is 0 Å². The van der Waals surface area contributed by atoms with E-state index in [9.17, 15) is 4.79 Å². The summed E-state index contributed by atoms with van der Waals surface area (Å²) in [4.78, 5) is 11.3. The summed E-state index contributed by atoms with van der Waals surface area (Å²) in [6.07, 6.45) is 5.58. The van der Waals surface area contributed by atoms with E-state index in [4.69, 9.17) is 4.74 Å². The molecule has 0 aromatic heterocycles. The molecule has 0 unspecified atom stereocenters. The molecule has 2 fully saturated rings. The first kappa shape index (κ1) is 7.29. The van der Waals surface area contributed by atoms with Crippen LogP contribution in [0.2, 0.25) is 0 Å². The zero-order chi connectivity index (χ0) is 7.68. The zero-order valence-electron chi connectivity index (χ0n) is 6.71. The molecule has 0 aromatic carbocycles. The molecule has 1 aliphatic carbocycles. The van der Waals surface area contributed by atoms with Crippen LogP contribution >= 0.6 is 0 Å². The molecule has 2 rings (SSSR count). The van der Waals surface area contributed by atoms with Gasteiger partial charge in [0.1, 0.15) is 5.78 Å². The topological polar surface area (TPSA) is 26.3 Å². The number of hydrogen-bond acceptors (Lipinski definition) is 2. The van der Waals surface area contributed by atoms with Crippen molar-refractivity contribution in [2.45, 2.75) is 38.2 Å². The summed E-state index contributed by atoms with van der Waals surface area (Å²) in [5.41, 5.74) is 0. The van der Waals surface area contributed by atoms with E-state index < -0.39 is 0 Å². The van der Waals surface area contributed by atoms with E-state index >= 15 is 0 Å². The Morgan fingerprint density at radius 3 is 2.91 bits per heavy atom. The van der Waals surface area contributed by atoms with Gasteiger partial charge >= 0.3 is 0 Å². The minimum absolute atomic E-state index is 0.262. The van der Waals surface area contributed by atoms with Crippen molar-refractivity contribution in [1.82, 2.24) is 0 Å². The molecule has 2 heteroatoms. The summed E-state index contributed by atoms with van der Waals surface area (Å²) in [6.45, 7) is 0.667. The number of Topliss-reactive ketones (excluding diaryl/α,β-unsaturated/α-hetero) is 1. The van der Waals surface area contributed by atoms with Crippen molar-refractivity contribution in [1.29, 1.82) is 0 Å². The maximum Gasteiger partial charge on any atom is 0.140 e. The van der Waals surface area contributed by atoms with Crippen LogP contribution in [0.15, 0.2) is 0 Å². The highest BCUT2D eigenvalue weighted by molar-refractivity contribution is 5.82. The fourth-order valence-electron chi connectivity index (χ4n) is 2.16. The Balaban J connectivity index is 2.05. The fraction of sp³-hybridized carbons (Fsp3) is 0.889. The number of ether oxygens (including phenoxy) is 1. The van der Waals surface area contributed by atoms with E-state index in [1.807, 2.05) is 0 Å². The fourth-order valence-corrected chi connectivity index (χ4v) is 2.16. The van der Waals surface area contributed by atoms with Gasteiger partial charge in [0.2, 0.25) is 0 Å². The molecule has 0 bridgehead atoms. The van der Waals surface area contributed by atoms with Crippen molar-refractivity contribution >= 4 is 5.78 Å². The van der Waals surface area contributed by atoms with Crippen molar-refractivity contribution < 1.29 is 9.53 Å². The Morgan fingerprint density at radius 2 is 2.09 bits per heavy atom. The third-order valence-corrected chi connectivity index (χ3v) is 2.80. The minimum atomic E-state index is 0.262. The van der Waals surface area contributed by atoms with Crippen LogP contribution in [0.5, 0.6) is 0 Å². The summed E-state index contributed by atoms with van der Waals surface area (Å²) < 4.78 is 5.53. The van der Waals surface area contributed by atoms with Crippen LogP contribution in [0, 0.1) is 5.92 Å². The smallest absolute Gasteiger partial charge is 0.140 e. The van der Waals surface area contributed by atoms with E-state index in [1.54, 1.807) is 0 Å². The average Bonchev–Trinajstić information content (AvgIpc) is 2.06. The monoisotopic (exact) mass is 154 g/mol. The third-order valence-electron chi connectivity index (χ3n) is 2.80. The maximum absolute atomic E-state index is 11.3. The quantitative estimate of drug-likeness (QED) is 0.529. The van der Waals surface area contributed by atoms with Crippen LogP contribution in [0.4, 0.5) is 0 Å². The van der Waals surface area contributed by atoms with Crippen LogP contribution in [-0.2, 0) is 9.53 Å². The van der Waals surface area contributed by atoms with Gasteiger partial charge < -0.3 is 4.74 Å². The second-order valence-corrected chi connectivity index (χ2v) is 3.52. The molecule has 1 saturated heterocycles. The van der Waals surface area contributed by atoms with Gasteiger partial charge in [-0.15, -0.1) is 0 Å². The Kier molecular flexibility index (Phi) is 1.95. The van der Waals surface area contributed by atoms with Crippen molar-refractivity contribution in [3.8, 4) is 0 Å². The number of hydrogen-bond donors (Lipinski definition) is 0. The highest BCUT2D eigenvalue weighted by Crippen LogP contribution is 2.31. The van der Waals surface area contributed by atoms with E-state index in [0.717, 1.165) is 12.8 Å². The van der Waals surface area contributed by atoms with Gasteiger partial charge in [0, 0.05) is 12.3 Å². The third kappa shape index (κ3) is 1.32. The standard InChI is InChI=1S/C9H14O2/c10-8-5-6-11-9-4-2-1-3-7(8)9/h7,9H,1-6H2/t7-,9-/m1/s1. The van der Waals surface area contributed by atoms with Crippen LogP contribution < -0.4 is 0 Å². The van der Waals surface area contributed by atoms with Crippen LogP contribution in [0.25, 0.3) is 0 Å². The molecule has 1 aliphatic heterocycles. The van der Waals surface area contributed by atoms with Gasteiger partial charge in [-0.2, -0.15) is 0 Å². The van der Waals surface area contributed by atoms with Gasteiger partial charge in [-0.05, 0) is 12.8 Å². The van der Waals surface area contributed by atoms with Crippen molar-refractivity contribution in [3.05, 3.63) is 0 Å². The predicted molar refractivity (Wildman–Crippen MR) is 41.3 cm³/mol. The first-order valence-electron chi connectivity index (χ1n) is 4.52. The number of rotatable bonds is 0. The first-order valence-corrected chi connectivity index (χ1v) is 4.52. The number of ketones is 1. The molecule has 2 atom stereocenters. The minimum Gasteiger partial charge on any atom is -0.377 e. The summed E-state index contributed by atoms with van der Waals surface area (Å²) >= 11 is 0. The molecule has 2 aliphatic rings. The lowest BCUT2D eigenvalue weighted by Gasteiger charge is -2.34. The normalized spacial score (nSPS) is 38.4. The molecule has 0 spiro atoms. The molecular formula is C9H14O2. The van der Waals surface area contributed by atoms with Gasteiger partial charge in [-0.3, -0.25) is 4.79 Å². The lowest BCUT2D eigenvalue weighted by Crippen LogP contribution is -2.38. The summed E-state index contributed by atoms with van der Waals surface area (Å²) in [5, 5.41) is 0. The van der Waals surface area contributed by atoms with E-state index in [2.05, 4.69) is 0 Å². The Morgan fingerprint density at radius 1 is 1.27 bits per heavy atom. The highest BCUT2D eigenvalue weighted by atomic mass is 16.5. The molecule has 2 nitrogen and oxygen atoms in total. The molecule has 1 heterocycles. The van der Waals surface area contributed by atoms with Crippen LogP contribution in [0.1, 0.15) is 32.1 Å². The second-order valence-electron chi connectivity index (χ2n) is 3.52. The lowest BCUT2D eigenvalue weighted by molar-refractivity contribution is -0.139. The maximum atomic E-state index is 11.3. The number of fused-ring (bicyclic) bond motifs is 1. The van der Waals surface area contributed by atoms with Gasteiger partial charge in [0.15, 0.2) is 0 Å². The Labute approximate surface area is 66.9 Å². The molecule has 0 amide bonds. The second kappa shape index (κ2) is 2.94. The summed E-state index contributed by atoms with van der Waals surface area (Å²) in [7, 11) is 0. The van der Waals surface area contributed by atoms with Crippen molar-refractivity contribution in [3.63, 3.8) is 0 Å². The summed E-state index contributed by atoms with van der Waals surface area (Å²) in [6, 6.07) is 0. The van der Waals surface area contributed by atoms with E-state index in [1.165, 1.54) is 12.8 Å². The average molecular weight is 154 g/mol. The number of carbonyl (C=O) groups excluding carboxylic acids is 1. The molecule has 11 heavy (non-hydrogen) atoms. The van der Waals surface area contributed by atoms with Crippen molar-refractivity contribution in [2.75, 3.05) is 6.61 Å². The van der Waals surface area contributed by atoms with Gasteiger partial charge in [-0.25, -0.2) is 0 Å². The predicted octanol–water partition coefficient (Wildman–Crippen LogP) is 1.53. The van der Waals surface area contributed by atoms with Crippen LogP contribution in [-0.4, -0.2) is 18.5 Å². The largest absolute Gasteiger partial charge is 0.377 e. The Bertz CT molecular complexity index is 163. The Hall–Kier alpha value is -0.370. The highest BCUT2D eigenvalue weighted by Gasteiger charge is 2.34. The number of carbonyl (C=O) groups is 1. The van der Waals surface area contributed by atoms with Gasteiger partial charge in [0.05, 0.1) is 12.7 Å². The SMILES string of the molecule is O=C1CCO[C@@H]2CCCC[C@H]12. The molecule has 0 radical (unpaired) electrons. The first-order chi connectivity index (χ1) is 5.38. The van der Waals surface area contributed by atoms with Crippen molar-refractivity contribution in [2.24, 2.45) is 5.92 Å². The molecule has 62 valence electrons. The van der Waals surface area contributed by atoms with Gasteiger partial charge in [-0.1, -0.05) is 12.8 Å².